The molecule has 20 heavy (non-hydrogen) atoms. The van der Waals surface area contributed by atoms with E-state index in [1.165, 1.54) is 25.7 Å². The van der Waals surface area contributed by atoms with Crippen molar-refractivity contribution in [1.82, 2.24) is 24.9 Å². The molecule has 0 N–H and O–H groups in total. The maximum atomic E-state index is 5.77. The van der Waals surface area contributed by atoms with Crippen molar-refractivity contribution < 1.29 is 4.42 Å². The van der Waals surface area contributed by atoms with Crippen molar-refractivity contribution in [3.63, 3.8) is 0 Å². The highest BCUT2D eigenvalue weighted by atomic mass is 16.4. The summed E-state index contributed by atoms with van der Waals surface area (Å²) in [7, 11) is 0. The second kappa shape index (κ2) is 5.01. The standard InChI is InChI=1S/C14H19N5O/c1-3-12(9-19-8-2-6-15-19)18(7-1)10-13-16-17-14(20-13)11-4-5-11/h2,6,8,11-12H,1,3-5,7,9-10H2/t12-/m0/s1. The van der Waals surface area contributed by atoms with Crippen LogP contribution in [0.4, 0.5) is 0 Å². The number of hydrogen-bond acceptors (Lipinski definition) is 5. The Morgan fingerprint density at radius 1 is 1.25 bits per heavy atom. The predicted octanol–water partition coefficient (Wildman–Crippen LogP) is 1.81. The maximum Gasteiger partial charge on any atom is 0.230 e. The summed E-state index contributed by atoms with van der Waals surface area (Å²) in [5, 5.41) is 12.6. The van der Waals surface area contributed by atoms with E-state index in [0.29, 0.717) is 12.0 Å². The van der Waals surface area contributed by atoms with Gasteiger partial charge in [-0.3, -0.25) is 9.58 Å². The van der Waals surface area contributed by atoms with Gasteiger partial charge in [0.15, 0.2) is 0 Å². The molecule has 6 heteroatoms. The average Bonchev–Trinajstić information content (AvgIpc) is 2.88. The monoisotopic (exact) mass is 273 g/mol. The van der Waals surface area contributed by atoms with Gasteiger partial charge in [0.25, 0.3) is 0 Å². The summed E-state index contributed by atoms with van der Waals surface area (Å²) in [6.45, 7) is 2.81. The predicted molar refractivity (Wildman–Crippen MR) is 71.9 cm³/mol. The first kappa shape index (κ1) is 12.1. The summed E-state index contributed by atoms with van der Waals surface area (Å²) in [6.07, 6.45) is 8.70. The van der Waals surface area contributed by atoms with Crippen LogP contribution in [0.15, 0.2) is 22.9 Å². The largest absolute Gasteiger partial charge is 0.424 e. The van der Waals surface area contributed by atoms with Crippen LogP contribution in [0.2, 0.25) is 0 Å². The second-order valence-electron chi connectivity index (χ2n) is 5.80. The van der Waals surface area contributed by atoms with E-state index in [9.17, 15) is 0 Å². The average molecular weight is 273 g/mol. The van der Waals surface area contributed by atoms with Crippen LogP contribution in [0.5, 0.6) is 0 Å². The molecule has 0 amide bonds. The minimum Gasteiger partial charge on any atom is -0.424 e. The number of aromatic nitrogens is 4. The van der Waals surface area contributed by atoms with Crippen LogP contribution in [0, 0.1) is 0 Å². The molecule has 1 aliphatic heterocycles. The van der Waals surface area contributed by atoms with Gasteiger partial charge in [-0.1, -0.05) is 0 Å². The van der Waals surface area contributed by atoms with Gasteiger partial charge in [-0.25, -0.2) is 0 Å². The molecule has 1 saturated heterocycles. The van der Waals surface area contributed by atoms with Gasteiger partial charge in [-0.2, -0.15) is 5.10 Å². The van der Waals surface area contributed by atoms with Crippen LogP contribution in [-0.2, 0) is 13.1 Å². The zero-order valence-electron chi connectivity index (χ0n) is 11.5. The van der Waals surface area contributed by atoms with Gasteiger partial charge in [-0.15, -0.1) is 10.2 Å². The van der Waals surface area contributed by atoms with Gasteiger partial charge in [0.05, 0.1) is 13.1 Å². The van der Waals surface area contributed by atoms with E-state index in [4.69, 9.17) is 4.42 Å². The minimum absolute atomic E-state index is 0.520. The molecule has 106 valence electrons. The smallest absolute Gasteiger partial charge is 0.230 e. The summed E-state index contributed by atoms with van der Waals surface area (Å²) in [6, 6.07) is 2.49. The molecule has 2 aliphatic rings. The van der Waals surface area contributed by atoms with Crippen LogP contribution < -0.4 is 0 Å². The Kier molecular flexibility index (Phi) is 3.03. The molecule has 1 aliphatic carbocycles. The third-order valence-electron chi connectivity index (χ3n) is 4.20. The van der Waals surface area contributed by atoms with Gasteiger partial charge >= 0.3 is 0 Å². The van der Waals surface area contributed by atoms with Gasteiger partial charge in [-0.05, 0) is 38.3 Å². The Labute approximate surface area is 117 Å². The van der Waals surface area contributed by atoms with Crippen LogP contribution >= 0.6 is 0 Å². The summed E-state index contributed by atoms with van der Waals surface area (Å²) < 4.78 is 7.77. The topological polar surface area (TPSA) is 60.0 Å². The lowest BCUT2D eigenvalue weighted by Crippen LogP contribution is -2.32. The van der Waals surface area contributed by atoms with E-state index < -0.39 is 0 Å². The van der Waals surface area contributed by atoms with E-state index in [0.717, 1.165) is 31.4 Å². The molecule has 2 aromatic heterocycles. The lowest BCUT2D eigenvalue weighted by atomic mass is 10.2. The van der Waals surface area contributed by atoms with E-state index in [1.54, 1.807) is 0 Å². The van der Waals surface area contributed by atoms with Crippen molar-refractivity contribution in [3.8, 4) is 0 Å². The molecule has 0 unspecified atom stereocenters. The molecule has 2 fully saturated rings. The van der Waals surface area contributed by atoms with Crippen molar-refractivity contribution >= 4 is 0 Å². The third-order valence-corrected chi connectivity index (χ3v) is 4.20. The second-order valence-corrected chi connectivity index (χ2v) is 5.80. The highest BCUT2D eigenvalue weighted by molar-refractivity contribution is 5.00. The molecule has 1 saturated carbocycles. The van der Waals surface area contributed by atoms with Crippen LogP contribution in [0.1, 0.15) is 43.4 Å². The first-order valence-electron chi connectivity index (χ1n) is 7.42. The Hall–Kier alpha value is -1.69. The van der Waals surface area contributed by atoms with Crippen molar-refractivity contribution in [2.75, 3.05) is 6.54 Å². The maximum absolute atomic E-state index is 5.77. The van der Waals surface area contributed by atoms with Crippen LogP contribution in [0.25, 0.3) is 0 Å². The summed E-state index contributed by atoms with van der Waals surface area (Å²) in [5.74, 6) is 2.14. The SMILES string of the molecule is c1cnn(C[C@@H]2CCCN2Cc2nnc(C3CC3)o2)c1. The normalized spacial score (nSPS) is 23.5. The molecule has 1 atom stereocenters. The van der Waals surface area contributed by atoms with Gasteiger partial charge in [0, 0.05) is 24.4 Å². The summed E-state index contributed by atoms with van der Waals surface area (Å²) >= 11 is 0. The lowest BCUT2D eigenvalue weighted by molar-refractivity contribution is 0.198. The highest BCUT2D eigenvalue weighted by Gasteiger charge is 2.31. The third kappa shape index (κ3) is 2.47. The Balaban J connectivity index is 1.40. The number of rotatable bonds is 5. The fourth-order valence-electron chi connectivity index (χ4n) is 2.93. The molecule has 2 aromatic rings. The number of likely N-dealkylation sites (tertiary alicyclic amines) is 1. The van der Waals surface area contributed by atoms with E-state index in [-0.39, 0.29) is 0 Å². The molecular weight excluding hydrogens is 254 g/mol. The number of hydrogen-bond donors (Lipinski definition) is 0. The van der Waals surface area contributed by atoms with E-state index in [1.807, 2.05) is 23.1 Å². The van der Waals surface area contributed by atoms with Gasteiger partial charge in [0.1, 0.15) is 0 Å². The Bertz CT molecular complexity index is 560. The Morgan fingerprint density at radius 3 is 3.00 bits per heavy atom. The van der Waals surface area contributed by atoms with Crippen LogP contribution in [0.3, 0.4) is 0 Å². The molecule has 0 bridgehead atoms. The fraction of sp³-hybridized carbons (Fsp3) is 0.643. The molecule has 6 nitrogen and oxygen atoms in total. The molecular formula is C14H19N5O. The zero-order valence-corrected chi connectivity index (χ0v) is 11.5. The van der Waals surface area contributed by atoms with E-state index >= 15 is 0 Å². The molecule has 0 radical (unpaired) electrons. The van der Waals surface area contributed by atoms with Crippen molar-refractivity contribution in [1.29, 1.82) is 0 Å². The van der Waals surface area contributed by atoms with Gasteiger partial charge < -0.3 is 4.42 Å². The van der Waals surface area contributed by atoms with Crippen molar-refractivity contribution in [2.24, 2.45) is 0 Å². The highest BCUT2D eigenvalue weighted by Crippen LogP contribution is 2.39. The molecule has 4 rings (SSSR count). The van der Waals surface area contributed by atoms with Crippen molar-refractivity contribution in [2.45, 2.75) is 50.7 Å². The lowest BCUT2D eigenvalue weighted by Gasteiger charge is -2.22. The molecule has 0 aromatic carbocycles. The number of nitrogens with zero attached hydrogens (tertiary/aromatic N) is 5. The summed E-state index contributed by atoms with van der Waals surface area (Å²) in [4.78, 5) is 2.44. The first-order chi connectivity index (χ1) is 9.88. The fourth-order valence-corrected chi connectivity index (χ4v) is 2.93. The van der Waals surface area contributed by atoms with Crippen molar-refractivity contribution in [3.05, 3.63) is 30.2 Å². The van der Waals surface area contributed by atoms with E-state index in [2.05, 4.69) is 20.2 Å². The Morgan fingerprint density at radius 2 is 2.20 bits per heavy atom. The van der Waals surface area contributed by atoms with Crippen LogP contribution in [-0.4, -0.2) is 37.5 Å². The quantitative estimate of drug-likeness (QED) is 0.831. The zero-order chi connectivity index (χ0) is 13.4. The summed E-state index contributed by atoms with van der Waals surface area (Å²) in [5.41, 5.74) is 0. The van der Waals surface area contributed by atoms with Gasteiger partial charge in [0.2, 0.25) is 11.8 Å². The first-order valence-corrected chi connectivity index (χ1v) is 7.42. The minimum atomic E-state index is 0.520. The molecule has 0 spiro atoms. The molecule has 3 heterocycles.